The number of rotatable bonds is 12. The molecule has 2 aliphatic rings. The van der Waals surface area contributed by atoms with E-state index in [1.54, 1.807) is 14.5 Å². The third-order valence-electron chi connectivity index (χ3n) is 10.5. The average Bonchev–Trinajstić information content (AvgIpc) is 3.79. The number of anilines is 3. The fraction of sp³-hybridized carbons (Fsp3) is 0.300. The molecule has 51 heavy (non-hydrogen) atoms. The number of fused-ring (bicyclic) bond motifs is 2. The van der Waals surface area contributed by atoms with E-state index in [1.807, 2.05) is 135 Å². The highest BCUT2D eigenvalue weighted by atomic mass is 28.4. The molecule has 1 saturated heterocycles. The topological polar surface area (TPSA) is 121 Å². The Bertz CT molecular complexity index is 1990. The Morgan fingerprint density at radius 3 is 2.27 bits per heavy atom. The van der Waals surface area contributed by atoms with Crippen LogP contribution in [0.2, 0.25) is 18.6 Å². The number of carbonyl (C=O) groups excluding carboxylic acids is 2. The first kappa shape index (κ1) is 34.5. The largest absolute Gasteiger partial charge is 0.432 e. The number of aromatic nitrogens is 3. The van der Waals surface area contributed by atoms with Gasteiger partial charge in [0.05, 0.1) is 36.6 Å². The number of hydrogen-bond acceptors (Lipinski definition) is 7. The second-order valence-corrected chi connectivity index (χ2v) is 18.1. The van der Waals surface area contributed by atoms with Gasteiger partial charge < -0.3 is 19.5 Å². The molecule has 0 bridgehead atoms. The summed E-state index contributed by atoms with van der Waals surface area (Å²) < 4.78 is 8.83. The summed E-state index contributed by atoms with van der Waals surface area (Å²) in [4.78, 5) is 42.6. The molecule has 2 amide bonds. The van der Waals surface area contributed by atoms with Crippen molar-refractivity contribution in [3.8, 4) is 0 Å². The quantitative estimate of drug-likeness (QED) is 0.119. The summed E-state index contributed by atoms with van der Waals surface area (Å²) >= 11 is 0. The lowest BCUT2D eigenvalue weighted by Crippen LogP contribution is -2.46. The molecule has 0 radical (unpaired) electrons. The van der Waals surface area contributed by atoms with Gasteiger partial charge in [0.1, 0.15) is 0 Å². The maximum absolute atomic E-state index is 15.0. The Morgan fingerprint density at radius 1 is 0.961 bits per heavy atom. The van der Waals surface area contributed by atoms with E-state index < -0.39 is 20.0 Å². The van der Waals surface area contributed by atoms with Crippen molar-refractivity contribution in [3.05, 3.63) is 138 Å². The highest BCUT2D eigenvalue weighted by Crippen LogP contribution is 2.60. The summed E-state index contributed by atoms with van der Waals surface area (Å²) in [6.45, 7) is 6.52. The van der Waals surface area contributed by atoms with E-state index in [-0.39, 0.29) is 29.9 Å². The number of aliphatic hydroxyl groups excluding tert-OH is 1. The van der Waals surface area contributed by atoms with Gasteiger partial charge in [0.15, 0.2) is 13.9 Å². The average molecular weight is 702 g/mol. The van der Waals surface area contributed by atoms with Crippen LogP contribution in [-0.4, -0.2) is 58.2 Å². The van der Waals surface area contributed by atoms with Gasteiger partial charge in [-0.15, -0.1) is 5.10 Å². The maximum atomic E-state index is 15.0. The van der Waals surface area contributed by atoms with Crippen LogP contribution in [-0.2, 0) is 33.0 Å². The van der Waals surface area contributed by atoms with Gasteiger partial charge in [0, 0.05) is 41.1 Å². The van der Waals surface area contributed by atoms with Crippen LogP contribution >= 0.6 is 0 Å². The third-order valence-corrected chi connectivity index (χ3v) is 13.0. The Labute approximate surface area is 299 Å². The van der Waals surface area contributed by atoms with Crippen molar-refractivity contribution in [1.29, 1.82) is 0 Å². The van der Waals surface area contributed by atoms with Gasteiger partial charge in [0.25, 0.3) is 5.91 Å². The minimum absolute atomic E-state index is 0.102. The number of benzene rings is 4. The molecule has 2 aliphatic heterocycles. The summed E-state index contributed by atoms with van der Waals surface area (Å²) in [5.74, 6) is -0.853. The van der Waals surface area contributed by atoms with Crippen LogP contribution in [0.15, 0.2) is 115 Å². The fourth-order valence-corrected chi connectivity index (χ4v) is 10.8. The van der Waals surface area contributed by atoms with E-state index in [9.17, 15) is 19.5 Å². The molecule has 1 aromatic heterocycles. The molecule has 0 saturated carbocycles. The van der Waals surface area contributed by atoms with Crippen LogP contribution in [0.3, 0.4) is 0 Å². The number of amides is 2. The Kier molecular flexibility index (Phi) is 9.47. The monoisotopic (exact) mass is 701 g/mol. The molecule has 0 aliphatic carbocycles. The molecule has 262 valence electrons. The number of aryl methyl sites for hydroxylation is 1. The summed E-state index contributed by atoms with van der Waals surface area (Å²) in [5.41, 5.74) is 3.67. The Hall–Kier alpha value is -4.94. The van der Waals surface area contributed by atoms with Crippen molar-refractivity contribution in [2.45, 2.75) is 62.7 Å². The second kappa shape index (κ2) is 14.0. The zero-order valence-corrected chi connectivity index (χ0v) is 30.0. The summed E-state index contributed by atoms with van der Waals surface area (Å²) in [6, 6.07) is 34.6. The lowest BCUT2D eigenvalue weighted by Gasteiger charge is -2.32. The highest BCUT2D eigenvalue weighted by molar-refractivity contribution is 6.71. The van der Waals surface area contributed by atoms with Gasteiger partial charge in [0.2, 0.25) is 6.41 Å². The Morgan fingerprint density at radius 2 is 1.63 bits per heavy atom. The molecular formula is C40H43N5O5Si. The standard InChI is InChI=1S/C40H43N5O5Si/c1-28-38(51(2,3)49)37(21-22-43-25-35(41-42-43)33(26-46)30-15-9-5-10-16-30)50-40(28)34-23-32(45(27-47)31-17-11-6-12-18-31)19-20-36(34)44(39(40)48)24-29-13-7-4-8-14-29/h4-20,23,25,27-28,33,37-38,46,49H,21-22,24,26H2,1-3H3/t28-,33?,37+,38-,40+/m0/s1. The minimum Gasteiger partial charge on any atom is -0.432 e. The Balaban J connectivity index is 1.25. The zero-order valence-electron chi connectivity index (χ0n) is 29.0. The molecule has 4 aromatic carbocycles. The second-order valence-electron chi connectivity index (χ2n) is 14.1. The van der Waals surface area contributed by atoms with Crippen LogP contribution in [0.4, 0.5) is 17.1 Å². The van der Waals surface area contributed by atoms with Crippen molar-refractivity contribution in [2.75, 3.05) is 16.4 Å². The molecule has 11 heteroatoms. The van der Waals surface area contributed by atoms with Crippen molar-refractivity contribution >= 4 is 37.7 Å². The lowest BCUT2D eigenvalue weighted by molar-refractivity contribution is -0.146. The van der Waals surface area contributed by atoms with E-state index in [4.69, 9.17) is 4.74 Å². The van der Waals surface area contributed by atoms with Crippen LogP contribution in [0.5, 0.6) is 0 Å². The minimum atomic E-state index is -2.93. The first-order valence-electron chi connectivity index (χ1n) is 17.4. The van der Waals surface area contributed by atoms with Crippen molar-refractivity contribution in [2.24, 2.45) is 5.92 Å². The molecule has 5 aromatic rings. The summed E-state index contributed by atoms with van der Waals surface area (Å²) in [5, 5.41) is 19.0. The summed E-state index contributed by atoms with van der Waals surface area (Å²) in [7, 11) is -2.93. The van der Waals surface area contributed by atoms with Gasteiger partial charge in [-0.25, -0.2) is 0 Å². The predicted molar refractivity (Wildman–Crippen MR) is 198 cm³/mol. The number of aliphatic hydroxyl groups is 1. The number of nitrogens with zero attached hydrogens (tertiary/aromatic N) is 5. The van der Waals surface area contributed by atoms with E-state index >= 15 is 0 Å². The third kappa shape index (κ3) is 6.31. The number of hydrogen-bond donors (Lipinski definition) is 2. The number of carbonyl (C=O) groups is 2. The molecule has 10 nitrogen and oxygen atoms in total. The van der Waals surface area contributed by atoms with Crippen molar-refractivity contribution < 1.29 is 24.2 Å². The molecular weight excluding hydrogens is 659 g/mol. The SMILES string of the molecule is C[C@H]1[C@H]([Si](C)(C)O)[C@@H](CCn2cc(C(CO)c3ccccc3)nn2)O[C@]12C(=O)N(Cc1ccccc1)c1ccc(N(C=O)c3ccccc3)cc12. The highest BCUT2D eigenvalue weighted by Gasteiger charge is 2.66. The number of para-hydroxylation sites is 1. The maximum Gasteiger partial charge on any atom is 0.264 e. The van der Waals surface area contributed by atoms with Crippen LogP contribution < -0.4 is 9.80 Å². The van der Waals surface area contributed by atoms with Gasteiger partial charge in [-0.2, -0.15) is 0 Å². The van der Waals surface area contributed by atoms with E-state index in [0.717, 1.165) is 23.2 Å². The number of ether oxygens (including phenoxy) is 1. The first-order valence-corrected chi connectivity index (χ1v) is 20.4. The van der Waals surface area contributed by atoms with Crippen molar-refractivity contribution in [3.63, 3.8) is 0 Å². The van der Waals surface area contributed by atoms with Gasteiger partial charge in [-0.3, -0.25) is 19.2 Å². The van der Waals surface area contributed by atoms with Crippen LogP contribution in [0.1, 0.15) is 41.6 Å². The molecule has 3 heterocycles. The van der Waals surface area contributed by atoms with E-state index in [0.29, 0.717) is 42.1 Å². The van der Waals surface area contributed by atoms with Crippen LogP contribution in [0, 0.1) is 5.92 Å². The van der Waals surface area contributed by atoms with Gasteiger partial charge >= 0.3 is 0 Å². The van der Waals surface area contributed by atoms with E-state index in [1.165, 1.54) is 0 Å². The summed E-state index contributed by atoms with van der Waals surface area (Å²) in [6.07, 6.45) is 2.65. The molecule has 2 N–H and O–H groups in total. The molecule has 7 rings (SSSR count). The molecule has 5 atom stereocenters. The predicted octanol–water partition coefficient (Wildman–Crippen LogP) is 6.13. The normalized spacial score (nSPS) is 21.9. The van der Waals surface area contributed by atoms with Gasteiger partial charge in [-0.1, -0.05) is 91.0 Å². The van der Waals surface area contributed by atoms with Gasteiger partial charge in [-0.05, 0) is 61.0 Å². The fourth-order valence-electron chi connectivity index (χ4n) is 8.16. The van der Waals surface area contributed by atoms with Crippen molar-refractivity contribution in [1.82, 2.24) is 15.0 Å². The first-order chi connectivity index (χ1) is 24.7. The molecule has 1 unspecified atom stereocenters. The van der Waals surface area contributed by atoms with E-state index in [2.05, 4.69) is 10.3 Å². The molecule has 1 fully saturated rings. The smallest absolute Gasteiger partial charge is 0.264 e. The molecule has 1 spiro atoms. The van der Waals surface area contributed by atoms with Crippen LogP contribution in [0.25, 0.3) is 0 Å². The lowest BCUT2D eigenvalue weighted by atomic mass is 9.82. The zero-order chi connectivity index (χ0) is 35.8.